The Labute approximate surface area is 74.9 Å². The molecule has 72 valence electrons. The molecule has 6 heteroatoms. The fraction of sp³-hybridized carbons (Fsp3) is 0.714. The van der Waals surface area contributed by atoms with Gasteiger partial charge in [0.15, 0.2) is 0 Å². The summed E-state index contributed by atoms with van der Waals surface area (Å²) in [4.78, 5) is 23.1. The van der Waals surface area contributed by atoms with Crippen molar-refractivity contribution in [2.45, 2.75) is 5.54 Å². The van der Waals surface area contributed by atoms with Crippen molar-refractivity contribution in [3.63, 3.8) is 0 Å². The van der Waals surface area contributed by atoms with Gasteiger partial charge in [0.1, 0.15) is 5.54 Å². The summed E-state index contributed by atoms with van der Waals surface area (Å²) >= 11 is 0. The van der Waals surface area contributed by atoms with Crippen LogP contribution in [0.2, 0.25) is 0 Å². The summed E-state index contributed by atoms with van der Waals surface area (Å²) in [5.74, 6) is -0.0987. The average molecular weight is 185 g/mol. The number of carboxylic acid groups (broad SMARTS) is 1. The van der Waals surface area contributed by atoms with Crippen molar-refractivity contribution < 1.29 is 14.7 Å². The van der Waals surface area contributed by atoms with Crippen molar-refractivity contribution in [2.24, 2.45) is 0 Å². The number of piperazine rings is 1. The van der Waals surface area contributed by atoms with Crippen molar-refractivity contribution in [1.82, 2.24) is 15.5 Å². The number of carbonyl (C=O) groups excluding carboxylic acids is 1. The minimum absolute atomic E-state index is 0.0987. The number of hydrogen-bond donors (Lipinski definition) is 3. The third kappa shape index (κ3) is 1.14. The highest BCUT2D eigenvalue weighted by atomic mass is 16.4. The van der Waals surface area contributed by atoms with Gasteiger partial charge in [-0.2, -0.15) is 0 Å². The largest absolute Gasteiger partial charge is 0.465 e. The van der Waals surface area contributed by atoms with Crippen molar-refractivity contribution in [3.8, 4) is 0 Å². The third-order valence-electron chi connectivity index (χ3n) is 2.56. The molecule has 2 saturated heterocycles. The van der Waals surface area contributed by atoms with Crippen LogP contribution in [0, 0.1) is 0 Å². The van der Waals surface area contributed by atoms with Crippen LogP contribution in [0.15, 0.2) is 0 Å². The van der Waals surface area contributed by atoms with Crippen LogP contribution in [0.5, 0.6) is 0 Å². The number of nitrogens with zero attached hydrogens (tertiary/aromatic N) is 1. The fourth-order valence-corrected chi connectivity index (χ4v) is 1.70. The van der Waals surface area contributed by atoms with Crippen molar-refractivity contribution in [2.75, 3.05) is 26.2 Å². The molecule has 2 fully saturated rings. The topological polar surface area (TPSA) is 81.7 Å². The number of rotatable bonds is 0. The fourth-order valence-electron chi connectivity index (χ4n) is 1.70. The highest BCUT2D eigenvalue weighted by molar-refractivity contribution is 5.93. The Bertz CT molecular complexity index is 268. The molecule has 3 N–H and O–H groups in total. The summed E-state index contributed by atoms with van der Waals surface area (Å²) in [6, 6.07) is 0. The maximum atomic E-state index is 11.2. The molecule has 2 rings (SSSR count). The quantitative estimate of drug-likeness (QED) is 0.398. The Morgan fingerprint density at radius 3 is 2.85 bits per heavy atom. The van der Waals surface area contributed by atoms with E-state index in [4.69, 9.17) is 5.11 Å². The van der Waals surface area contributed by atoms with E-state index in [1.54, 1.807) is 0 Å². The molecule has 1 spiro atoms. The number of amides is 2. The van der Waals surface area contributed by atoms with E-state index in [9.17, 15) is 9.59 Å². The van der Waals surface area contributed by atoms with Crippen LogP contribution in [0.1, 0.15) is 0 Å². The van der Waals surface area contributed by atoms with Crippen molar-refractivity contribution in [3.05, 3.63) is 0 Å². The molecule has 0 radical (unpaired) electrons. The second kappa shape index (κ2) is 2.59. The normalized spacial score (nSPS) is 32.6. The molecule has 0 aromatic rings. The van der Waals surface area contributed by atoms with Gasteiger partial charge in [-0.1, -0.05) is 0 Å². The molecule has 0 aromatic carbocycles. The lowest BCUT2D eigenvalue weighted by atomic mass is 9.89. The van der Waals surface area contributed by atoms with E-state index in [1.165, 1.54) is 4.90 Å². The van der Waals surface area contributed by atoms with Crippen LogP contribution in [0.3, 0.4) is 0 Å². The zero-order valence-corrected chi connectivity index (χ0v) is 7.04. The maximum absolute atomic E-state index is 11.2. The van der Waals surface area contributed by atoms with E-state index in [0.717, 1.165) is 0 Å². The average Bonchev–Trinajstić information content (AvgIpc) is 2.16. The van der Waals surface area contributed by atoms with Crippen LogP contribution in [-0.2, 0) is 4.79 Å². The monoisotopic (exact) mass is 185 g/mol. The van der Waals surface area contributed by atoms with Crippen LogP contribution in [0.25, 0.3) is 0 Å². The SMILES string of the molecule is O=C(O)N1CCNC2(CNC2=O)C1. The molecular formula is C7H11N3O3. The van der Waals surface area contributed by atoms with Gasteiger partial charge in [-0.05, 0) is 0 Å². The number of nitrogens with one attached hydrogen (secondary N) is 2. The second-order valence-corrected chi connectivity index (χ2v) is 3.40. The first-order valence-corrected chi connectivity index (χ1v) is 4.15. The summed E-state index contributed by atoms with van der Waals surface area (Å²) in [5, 5.41) is 14.4. The van der Waals surface area contributed by atoms with Crippen molar-refractivity contribution >= 4 is 12.0 Å². The third-order valence-corrected chi connectivity index (χ3v) is 2.56. The van der Waals surface area contributed by atoms with Gasteiger partial charge in [-0.3, -0.25) is 10.1 Å². The summed E-state index contributed by atoms with van der Waals surface area (Å²) in [5.41, 5.74) is -0.642. The zero-order valence-electron chi connectivity index (χ0n) is 7.04. The van der Waals surface area contributed by atoms with E-state index in [2.05, 4.69) is 10.6 Å². The lowest BCUT2D eigenvalue weighted by Crippen LogP contribution is -2.78. The van der Waals surface area contributed by atoms with Gasteiger partial charge in [0.05, 0.1) is 6.54 Å². The smallest absolute Gasteiger partial charge is 0.407 e. The first-order chi connectivity index (χ1) is 6.14. The van der Waals surface area contributed by atoms with Crippen LogP contribution in [-0.4, -0.2) is 53.7 Å². The summed E-state index contributed by atoms with van der Waals surface area (Å²) < 4.78 is 0. The van der Waals surface area contributed by atoms with Gasteiger partial charge in [0.25, 0.3) is 0 Å². The van der Waals surface area contributed by atoms with Gasteiger partial charge in [0, 0.05) is 19.6 Å². The van der Waals surface area contributed by atoms with E-state index in [-0.39, 0.29) is 12.5 Å². The summed E-state index contributed by atoms with van der Waals surface area (Å²) in [6.45, 7) is 1.77. The lowest BCUT2D eigenvalue weighted by Gasteiger charge is -2.47. The van der Waals surface area contributed by atoms with Gasteiger partial charge < -0.3 is 15.3 Å². The summed E-state index contributed by atoms with van der Waals surface area (Å²) in [6.07, 6.45) is -0.958. The van der Waals surface area contributed by atoms with Gasteiger partial charge in [-0.15, -0.1) is 0 Å². The van der Waals surface area contributed by atoms with Crippen molar-refractivity contribution in [1.29, 1.82) is 0 Å². The van der Waals surface area contributed by atoms with E-state index in [1.807, 2.05) is 0 Å². The Morgan fingerprint density at radius 1 is 1.62 bits per heavy atom. The predicted molar refractivity (Wildman–Crippen MR) is 43.3 cm³/mol. The lowest BCUT2D eigenvalue weighted by molar-refractivity contribution is -0.137. The Kier molecular flexibility index (Phi) is 1.66. The highest BCUT2D eigenvalue weighted by Crippen LogP contribution is 2.17. The minimum Gasteiger partial charge on any atom is -0.465 e. The molecule has 0 bridgehead atoms. The molecule has 2 heterocycles. The molecule has 2 aliphatic rings. The predicted octanol–water partition coefficient (Wildman–Crippen LogP) is -1.56. The van der Waals surface area contributed by atoms with Crippen LogP contribution in [0.4, 0.5) is 4.79 Å². The van der Waals surface area contributed by atoms with Gasteiger partial charge in [-0.25, -0.2) is 4.79 Å². The van der Waals surface area contributed by atoms with E-state index in [0.29, 0.717) is 19.6 Å². The molecular weight excluding hydrogens is 174 g/mol. The van der Waals surface area contributed by atoms with E-state index >= 15 is 0 Å². The second-order valence-electron chi connectivity index (χ2n) is 3.40. The Hall–Kier alpha value is -1.30. The molecule has 2 amide bonds. The van der Waals surface area contributed by atoms with Gasteiger partial charge >= 0.3 is 6.09 Å². The Morgan fingerprint density at radius 2 is 2.38 bits per heavy atom. The van der Waals surface area contributed by atoms with Crippen LogP contribution < -0.4 is 10.6 Å². The molecule has 6 nitrogen and oxygen atoms in total. The van der Waals surface area contributed by atoms with Gasteiger partial charge in [0.2, 0.25) is 5.91 Å². The molecule has 2 aliphatic heterocycles. The molecule has 1 unspecified atom stereocenters. The number of β-lactam (4-membered cyclic amide) rings is 1. The van der Waals surface area contributed by atoms with E-state index < -0.39 is 11.6 Å². The summed E-state index contributed by atoms with van der Waals surface area (Å²) in [7, 11) is 0. The first-order valence-electron chi connectivity index (χ1n) is 4.15. The first kappa shape index (κ1) is 8.31. The maximum Gasteiger partial charge on any atom is 0.407 e. The number of hydrogen-bond acceptors (Lipinski definition) is 3. The zero-order chi connectivity index (χ0) is 9.47. The molecule has 13 heavy (non-hydrogen) atoms. The number of carbonyl (C=O) groups is 2. The molecule has 0 aromatic heterocycles. The minimum atomic E-state index is -0.958. The molecule has 0 aliphatic carbocycles. The Balaban J connectivity index is 2.08. The molecule has 0 saturated carbocycles. The standard InChI is InChI=1S/C7H11N3O3/c11-5-7(3-8-5)4-10(6(12)13)2-1-9-7/h9H,1-4H2,(H,8,11)(H,12,13). The highest BCUT2D eigenvalue weighted by Gasteiger charge is 2.49. The van der Waals surface area contributed by atoms with Crippen LogP contribution >= 0.6 is 0 Å². The molecule has 1 atom stereocenters.